The minimum absolute atomic E-state index is 0.0539. The van der Waals surface area contributed by atoms with E-state index in [9.17, 15) is 4.79 Å². The fourth-order valence-corrected chi connectivity index (χ4v) is 1.80. The van der Waals surface area contributed by atoms with Crippen LogP contribution >= 0.6 is 0 Å². The summed E-state index contributed by atoms with van der Waals surface area (Å²) in [5.41, 5.74) is 6.49. The Labute approximate surface area is 121 Å². The van der Waals surface area contributed by atoms with Crippen molar-refractivity contribution in [2.75, 3.05) is 27.1 Å². The predicted octanol–water partition coefficient (Wildman–Crippen LogP) is 1.32. The molecule has 0 saturated carbocycles. The monoisotopic (exact) mass is 289 g/mol. The number of para-hydroxylation sites is 1. The normalized spacial score (nSPS) is 10.0. The van der Waals surface area contributed by atoms with Crippen LogP contribution in [-0.4, -0.2) is 37.1 Å². The lowest BCUT2D eigenvalue weighted by molar-refractivity contribution is 0.103. The van der Waals surface area contributed by atoms with Gasteiger partial charge < -0.3 is 19.9 Å². The van der Waals surface area contributed by atoms with E-state index in [-0.39, 0.29) is 28.7 Å². The van der Waals surface area contributed by atoms with Crippen LogP contribution in [0.5, 0.6) is 17.5 Å². The summed E-state index contributed by atoms with van der Waals surface area (Å²) in [6.45, 7) is 0. The van der Waals surface area contributed by atoms with Crippen LogP contribution < -0.4 is 19.9 Å². The Morgan fingerprint density at radius 1 is 1.14 bits per heavy atom. The number of carbonyl (C=O) groups excluding carboxylic acids is 1. The number of carbonyl (C=O) groups is 1. The Bertz CT molecular complexity index is 673. The van der Waals surface area contributed by atoms with Crippen LogP contribution in [0.1, 0.15) is 16.1 Å². The van der Waals surface area contributed by atoms with Gasteiger partial charge in [-0.3, -0.25) is 4.79 Å². The zero-order chi connectivity index (χ0) is 15.4. The maximum Gasteiger partial charge on any atom is 0.247 e. The van der Waals surface area contributed by atoms with Gasteiger partial charge in [-0.05, 0) is 12.1 Å². The summed E-state index contributed by atoms with van der Waals surface area (Å²) in [7, 11) is 4.33. The van der Waals surface area contributed by atoms with Gasteiger partial charge in [0.1, 0.15) is 5.75 Å². The Hall–Kier alpha value is -2.83. The van der Waals surface area contributed by atoms with Crippen molar-refractivity contribution in [1.82, 2.24) is 9.97 Å². The lowest BCUT2D eigenvalue weighted by Crippen LogP contribution is -2.11. The highest BCUT2D eigenvalue weighted by atomic mass is 16.5. The SMILES string of the molecule is COc1cnc(C(=O)c2cccc(OC)c2N)c(OC)n1. The third-order valence-corrected chi connectivity index (χ3v) is 2.87. The first-order valence-corrected chi connectivity index (χ1v) is 6.04. The summed E-state index contributed by atoms with van der Waals surface area (Å²) >= 11 is 0. The average Bonchev–Trinajstić information content (AvgIpc) is 2.53. The van der Waals surface area contributed by atoms with E-state index in [2.05, 4.69) is 9.97 Å². The molecule has 21 heavy (non-hydrogen) atoms. The maximum atomic E-state index is 12.6. The van der Waals surface area contributed by atoms with Crippen molar-refractivity contribution in [2.45, 2.75) is 0 Å². The van der Waals surface area contributed by atoms with Crippen LogP contribution in [0.3, 0.4) is 0 Å². The van der Waals surface area contributed by atoms with Gasteiger partial charge in [-0.1, -0.05) is 6.07 Å². The first kappa shape index (κ1) is 14.6. The van der Waals surface area contributed by atoms with Gasteiger partial charge >= 0.3 is 0 Å². The molecular weight excluding hydrogens is 274 g/mol. The molecule has 0 aliphatic carbocycles. The molecule has 1 aromatic carbocycles. The van der Waals surface area contributed by atoms with Crippen LogP contribution in [-0.2, 0) is 0 Å². The Morgan fingerprint density at radius 2 is 1.90 bits per heavy atom. The maximum absolute atomic E-state index is 12.6. The van der Waals surface area contributed by atoms with E-state index in [1.807, 2.05) is 0 Å². The fourth-order valence-electron chi connectivity index (χ4n) is 1.80. The number of anilines is 1. The Balaban J connectivity index is 2.50. The van der Waals surface area contributed by atoms with Crippen LogP contribution in [0.15, 0.2) is 24.4 Å². The van der Waals surface area contributed by atoms with E-state index < -0.39 is 5.78 Å². The minimum atomic E-state index is -0.404. The van der Waals surface area contributed by atoms with Crippen molar-refractivity contribution in [3.8, 4) is 17.5 Å². The van der Waals surface area contributed by atoms with E-state index in [1.165, 1.54) is 27.5 Å². The number of ether oxygens (including phenoxy) is 3. The van der Waals surface area contributed by atoms with Gasteiger partial charge in [-0.15, -0.1) is 0 Å². The minimum Gasteiger partial charge on any atom is -0.495 e. The number of hydrogen-bond acceptors (Lipinski definition) is 7. The van der Waals surface area contributed by atoms with E-state index in [1.54, 1.807) is 18.2 Å². The highest BCUT2D eigenvalue weighted by molar-refractivity contribution is 6.12. The highest BCUT2D eigenvalue weighted by Crippen LogP contribution is 2.28. The molecule has 0 radical (unpaired) electrons. The van der Waals surface area contributed by atoms with Crippen molar-refractivity contribution in [3.63, 3.8) is 0 Å². The fraction of sp³-hybridized carbons (Fsp3) is 0.214. The number of rotatable bonds is 5. The Kier molecular flexibility index (Phi) is 4.22. The van der Waals surface area contributed by atoms with E-state index in [4.69, 9.17) is 19.9 Å². The molecule has 0 aliphatic rings. The largest absolute Gasteiger partial charge is 0.495 e. The lowest BCUT2D eigenvalue weighted by atomic mass is 10.1. The molecule has 7 nitrogen and oxygen atoms in total. The quantitative estimate of drug-likeness (QED) is 0.654. The number of hydrogen-bond donors (Lipinski definition) is 1. The molecular formula is C14H15N3O4. The van der Waals surface area contributed by atoms with Crippen molar-refractivity contribution in [3.05, 3.63) is 35.7 Å². The third-order valence-electron chi connectivity index (χ3n) is 2.87. The molecule has 0 bridgehead atoms. The molecule has 0 amide bonds. The molecule has 0 unspecified atom stereocenters. The molecule has 2 aromatic rings. The number of ketones is 1. The summed E-state index contributed by atoms with van der Waals surface area (Å²) in [4.78, 5) is 20.6. The Morgan fingerprint density at radius 3 is 2.52 bits per heavy atom. The van der Waals surface area contributed by atoms with Crippen molar-refractivity contribution in [1.29, 1.82) is 0 Å². The van der Waals surface area contributed by atoms with E-state index >= 15 is 0 Å². The van der Waals surface area contributed by atoms with Crippen molar-refractivity contribution >= 4 is 11.5 Å². The summed E-state index contributed by atoms with van der Waals surface area (Å²) in [5.74, 6) is 0.336. The molecule has 0 spiro atoms. The van der Waals surface area contributed by atoms with E-state index in [0.29, 0.717) is 5.75 Å². The molecule has 110 valence electrons. The van der Waals surface area contributed by atoms with Crippen LogP contribution in [0, 0.1) is 0 Å². The van der Waals surface area contributed by atoms with Gasteiger partial charge in [-0.2, -0.15) is 4.98 Å². The second-order valence-corrected chi connectivity index (χ2v) is 4.02. The first-order valence-electron chi connectivity index (χ1n) is 6.04. The van der Waals surface area contributed by atoms with Gasteiger partial charge in [0.05, 0.1) is 38.8 Å². The van der Waals surface area contributed by atoms with Crippen molar-refractivity contribution in [2.24, 2.45) is 0 Å². The zero-order valence-electron chi connectivity index (χ0n) is 11.9. The summed E-state index contributed by atoms with van der Waals surface area (Å²) in [5, 5.41) is 0. The first-order chi connectivity index (χ1) is 10.1. The predicted molar refractivity (Wildman–Crippen MR) is 76.0 cm³/mol. The smallest absolute Gasteiger partial charge is 0.247 e. The van der Waals surface area contributed by atoms with Crippen molar-refractivity contribution < 1.29 is 19.0 Å². The van der Waals surface area contributed by atoms with E-state index in [0.717, 1.165) is 0 Å². The molecule has 2 N–H and O–H groups in total. The number of aromatic nitrogens is 2. The number of benzene rings is 1. The van der Waals surface area contributed by atoms with Crippen LogP contribution in [0.4, 0.5) is 5.69 Å². The van der Waals surface area contributed by atoms with Gasteiger partial charge in [0, 0.05) is 0 Å². The van der Waals surface area contributed by atoms with Gasteiger partial charge in [0.15, 0.2) is 5.69 Å². The molecule has 0 saturated heterocycles. The van der Waals surface area contributed by atoms with Gasteiger partial charge in [0.2, 0.25) is 17.5 Å². The third kappa shape index (κ3) is 2.71. The highest BCUT2D eigenvalue weighted by Gasteiger charge is 2.21. The molecule has 0 aliphatic heterocycles. The summed E-state index contributed by atoms with van der Waals surface area (Å²) < 4.78 is 15.1. The molecule has 2 rings (SSSR count). The van der Waals surface area contributed by atoms with Crippen LogP contribution in [0.25, 0.3) is 0 Å². The number of nitrogens with two attached hydrogens (primary N) is 1. The average molecular weight is 289 g/mol. The molecule has 0 atom stereocenters. The standard InChI is InChI=1S/C14H15N3O4/c1-19-9-6-4-5-8(11(9)15)13(18)12-14(21-3)17-10(20-2)7-16-12/h4-7H,15H2,1-3H3. The molecule has 1 heterocycles. The second kappa shape index (κ2) is 6.08. The number of nitrogens with zero attached hydrogens (tertiary/aromatic N) is 2. The number of nitrogen functional groups attached to an aromatic ring is 1. The summed E-state index contributed by atoms with van der Waals surface area (Å²) in [6.07, 6.45) is 1.34. The van der Waals surface area contributed by atoms with Crippen LogP contribution in [0.2, 0.25) is 0 Å². The number of methoxy groups -OCH3 is 3. The molecule has 0 fully saturated rings. The zero-order valence-corrected chi connectivity index (χ0v) is 11.9. The van der Waals surface area contributed by atoms with Gasteiger partial charge in [-0.25, -0.2) is 4.98 Å². The topological polar surface area (TPSA) is 96.6 Å². The summed E-state index contributed by atoms with van der Waals surface area (Å²) in [6, 6.07) is 4.93. The second-order valence-electron chi connectivity index (χ2n) is 4.02. The molecule has 1 aromatic heterocycles. The van der Waals surface area contributed by atoms with Gasteiger partial charge in [0.25, 0.3) is 0 Å². The lowest BCUT2D eigenvalue weighted by Gasteiger charge is -2.10. The molecule has 7 heteroatoms.